The highest BCUT2D eigenvalue weighted by Crippen LogP contribution is 2.19. The molecular weight excluding hydrogens is 265 g/mol. The van der Waals surface area contributed by atoms with E-state index in [1.54, 1.807) is 6.07 Å². The zero-order chi connectivity index (χ0) is 16.0. The molecule has 2 unspecified atom stereocenters. The molecule has 2 N–H and O–H groups in total. The number of rotatable bonds is 8. The summed E-state index contributed by atoms with van der Waals surface area (Å²) in [5.41, 5.74) is 7.05. The van der Waals surface area contributed by atoms with Gasteiger partial charge in [0.25, 0.3) is 0 Å². The second-order valence-corrected chi connectivity index (χ2v) is 6.91. The van der Waals surface area contributed by atoms with Crippen molar-refractivity contribution in [2.75, 3.05) is 19.6 Å². The summed E-state index contributed by atoms with van der Waals surface area (Å²) < 4.78 is 12.9. The van der Waals surface area contributed by atoms with E-state index in [1.165, 1.54) is 12.3 Å². The summed E-state index contributed by atoms with van der Waals surface area (Å²) >= 11 is 0. The highest BCUT2D eigenvalue weighted by Gasteiger charge is 2.20. The highest BCUT2D eigenvalue weighted by atomic mass is 19.1. The average molecular weight is 295 g/mol. The van der Waals surface area contributed by atoms with Gasteiger partial charge in [0.1, 0.15) is 5.82 Å². The third-order valence-corrected chi connectivity index (χ3v) is 3.50. The van der Waals surface area contributed by atoms with Crippen LogP contribution in [0.15, 0.2) is 18.3 Å². The minimum atomic E-state index is -0.320. The molecule has 0 aliphatic rings. The van der Waals surface area contributed by atoms with Crippen LogP contribution in [0, 0.1) is 23.6 Å². The minimum Gasteiger partial charge on any atom is -0.322 e. The smallest absolute Gasteiger partial charge is 0.141 e. The Morgan fingerprint density at radius 2 is 1.62 bits per heavy atom. The van der Waals surface area contributed by atoms with E-state index in [0.29, 0.717) is 11.8 Å². The summed E-state index contributed by atoms with van der Waals surface area (Å²) in [5.74, 6) is 1.23. The van der Waals surface area contributed by atoms with E-state index >= 15 is 0 Å². The normalized spacial score (nSPS) is 15.0. The van der Waals surface area contributed by atoms with Gasteiger partial charge in [-0.05, 0) is 29.9 Å². The molecule has 1 rings (SSSR count). The van der Waals surface area contributed by atoms with Crippen molar-refractivity contribution in [2.45, 2.75) is 40.7 Å². The van der Waals surface area contributed by atoms with Crippen LogP contribution in [0.4, 0.5) is 4.39 Å². The molecule has 0 aliphatic heterocycles. The Balaban J connectivity index is 2.66. The lowest BCUT2D eigenvalue weighted by Crippen LogP contribution is -2.38. The van der Waals surface area contributed by atoms with Gasteiger partial charge in [-0.1, -0.05) is 34.6 Å². The first kappa shape index (κ1) is 18.1. The van der Waals surface area contributed by atoms with Crippen molar-refractivity contribution in [3.8, 4) is 0 Å². The molecule has 0 fully saturated rings. The fourth-order valence-electron chi connectivity index (χ4n) is 2.65. The van der Waals surface area contributed by atoms with Crippen molar-refractivity contribution < 1.29 is 4.39 Å². The second kappa shape index (κ2) is 8.44. The van der Waals surface area contributed by atoms with Crippen LogP contribution in [0.2, 0.25) is 0 Å². The van der Waals surface area contributed by atoms with Gasteiger partial charge in [-0.2, -0.15) is 0 Å². The van der Waals surface area contributed by atoms with Gasteiger partial charge in [0.2, 0.25) is 0 Å². The van der Waals surface area contributed by atoms with E-state index < -0.39 is 0 Å². The summed E-state index contributed by atoms with van der Waals surface area (Å²) in [5, 5.41) is 0. The Morgan fingerprint density at radius 1 is 1.05 bits per heavy atom. The quantitative estimate of drug-likeness (QED) is 0.798. The van der Waals surface area contributed by atoms with Crippen molar-refractivity contribution in [1.82, 2.24) is 9.88 Å². The maximum Gasteiger partial charge on any atom is 0.141 e. The molecule has 0 spiro atoms. The summed E-state index contributed by atoms with van der Waals surface area (Å²) in [4.78, 5) is 6.59. The van der Waals surface area contributed by atoms with Crippen LogP contribution >= 0.6 is 0 Å². The van der Waals surface area contributed by atoms with E-state index in [2.05, 4.69) is 44.5 Å². The van der Waals surface area contributed by atoms with Gasteiger partial charge in [-0.25, -0.2) is 4.39 Å². The molecule has 1 aromatic heterocycles. The maximum atomic E-state index is 12.9. The molecule has 0 saturated carbocycles. The minimum absolute atomic E-state index is 0.160. The predicted octanol–water partition coefficient (Wildman–Crippen LogP) is 3.47. The van der Waals surface area contributed by atoms with Gasteiger partial charge in [-0.3, -0.25) is 4.98 Å². The van der Waals surface area contributed by atoms with Gasteiger partial charge in [0.05, 0.1) is 17.9 Å². The van der Waals surface area contributed by atoms with Crippen molar-refractivity contribution in [3.05, 3.63) is 29.8 Å². The number of hydrogen-bond acceptors (Lipinski definition) is 3. The lowest BCUT2D eigenvalue weighted by molar-refractivity contribution is 0.182. The zero-order valence-corrected chi connectivity index (χ0v) is 14.0. The lowest BCUT2D eigenvalue weighted by Gasteiger charge is -2.31. The Kier molecular flexibility index (Phi) is 7.26. The van der Waals surface area contributed by atoms with Gasteiger partial charge in [0.15, 0.2) is 0 Å². The Morgan fingerprint density at radius 3 is 2.05 bits per heavy atom. The highest BCUT2D eigenvalue weighted by molar-refractivity contribution is 5.10. The van der Waals surface area contributed by atoms with Crippen molar-refractivity contribution in [2.24, 2.45) is 23.5 Å². The molecule has 0 amide bonds. The first-order valence-corrected chi connectivity index (χ1v) is 7.89. The van der Waals surface area contributed by atoms with Gasteiger partial charge in [-0.15, -0.1) is 0 Å². The summed E-state index contributed by atoms with van der Waals surface area (Å²) in [6.07, 6.45) is 1.24. The van der Waals surface area contributed by atoms with Crippen LogP contribution in [0.3, 0.4) is 0 Å². The van der Waals surface area contributed by atoms with Gasteiger partial charge >= 0.3 is 0 Å². The number of pyridine rings is 1. The third kappa shape index (κ3) is 6.53. The van der Waals surface area contributed by atoms with E-state index in [0.717, 1.165) is 25.3 Å². The van der Waals surface area contributed by atoms with E-state index in [1.807, 2.05) is 0 Å². The van der Waals surface area contributed by atoms with E-state index in [-0.39, 0.29) is 17.8 Å². The molecule has 0 aliphatic carbocycles. The van der Waals surface area contributed by atoms with Crippen LogP contribution in [-0.2, 0) is 0 Å². The Labute approximate surface area is 128 Å². The standard InChI is InChI=1S/C17H30FN3/c1-12(2)9-21(10-13(3)4)11-14(5)17(19)16-7-6-15(18)8-20-16/h6-8,12-14,17H,9-11,19H2,1-5H3. The van der Waals surface area contributed by atoms with Crippen LogP contribution in [-0.4, -0.2) is 29.5 Å². The molecule has 4 heteroatoms. The van der Waals surface area contributed by atoms with Gasteiger partial charge < -0.3 is 10.6 Å². The maximum absolute atomic E-state index is 12.9. The second-order valence-electron chi connectivity index (χ2n) is 6.91. The number of nitrogens with zero attached hydrogens (tertiary/aromatic N) is 2. The monoisotopic (exact) mass is 295 g/mol. The molecule has 120 valence electrons. The molecule has 2 atom stereocenters. The summed E-state index contributed by atoms with van der Waals surface area (Å²) in [7, 11) is 0. The number of hydrogen-bond donors (Lipinski definition) is 1. The van der Waals surface area contributed by atoms with Crippen LogP contribution in [0.25, 0.3) is 0 Å². The molecule has 0 saturated heterocycles. The lowest BCUT2D eigenvalue weighted by atomic mass is 9.97. The van der Waals surface area contributed by atoms with Crippen molar-refractivity contribution in [3.63, 3.8) is 0 Å². The fraction of sp³-hybridized carbons (Fsp3) is 0.706. The molecule has 1 heterocycles. The summed E-state index contributed by atoms with van der Waals surface area (Å²) in [6, 6.07) is 2.95. The molecule has 1 aromatic rings. The molecule has 0 bridgehead atoms. The average Bonchev–Trinajstić information content (AvgIpc) is 2.37. The Hall–Kier alpha value is -1.00. The van der Waals surface area contributed by atoms with Crippen molar-refractivity contribution in [1.29, 1.82) is 0 Å². The first-order chi connectivity index (χ1) is 9.79. The van der Waals surface area contributed by atoms with Crippen LogP contribution in [0.1, 0.15) is 46.4 Å². The zero-order valence-electron chi connectivity index (χ0n) is 14.0. The third-order valence-electron chi connectivity index (χ3n) is 3.50. The molecule has 0 radical (unpaired) electrons. The molecule has 0 aromatic carbocycles. The van der Waals surface area contributed by atoms with Crippen LogP contribution < -0.4 is 5.73 Å². The molecule has 3 nitrogen and oxygen atoms in total. The van der Waals surface area contributed by atoms with Crippen LogP contribution in [0.5, 0.6) is 0 Å². The first-order valence-electron chi connectivity index (χ1n) is 7.89. The SMILES string of the molecule is CC(C)CN(CC(C)C)CC(C)C(N)c1ccc(F)cn1. The number of aromatic nitrogens is 1. The topological polar surface area (TPSA) is 42.1 Å². The molecular formula is C17H30FN3. The Bertz CT molecular complexity index is 393. The number of nitrogens with two attached hydrogens (primary N) is 1. The fourth-order valence-corrected chi connectivity index (χ4v) is 2.65. The van der Waals surface area contributed by atoms with E-state index in [4.69, 9.17) is 5.73 Å². The van der Waals surface area contributed by atoms with E-state index in [9.17, 15) is 4.39 Å². The molecule has 21 heavy (non-hydrogen) atoms. The largest absolute Gasteiger partial charge is 0.322 e. The van der Waals surface area contributed by atoms with Crippen molar-refractivity contribution >= 4 is 0 Å². The predicted molar refractivity (Wildman–Crippen MR) is 86.4 cm³/mol. The van der Waals surface area contributed by atoms with Gasteiger partial charge in [0, 0.05) is 19.6 Å². The number of halogens is 1. The summed E-state index contributed by atoms with van der Waals surface area (Å²) in [6.45, 7) is 14.2.